The third-order valence-corrected chi connectivity index (χ3v) is 2.96. The van der Waals surface area contributed by atoms with Gasteiger partial charge in [0.1, 0.15) is 3.70 Å². The maximum Gasteiger partial charge on any atom is 0.333 e. The van der Waals surface area contributed by atoms with Crippen molar-refractivity contribution in [1.82, 2.24) is 9.78 Å². The Kier molecular flexibility index (Phi) is 2.61. The third kappa shape index (κ3) is 1.66. The van der Waals surface area contributed by atoms with Crippen LogP contribution in [0.15, 0.2) is 10.7 Å². The van der Waals surface area contributed by atoms with E-state index in [2.05, 4.69) is 21.0 Å². The molecule has 0 radical (unpaired) electrons. The molecular formula is C4H2BrF2IN2. The van der Waals surface area contributed by atoms with Crippen molar-refractivity contribution in [2.24, 2.45) is 0 Å². The zero-order valence-corrected chi connectivity index (χ0v) is 8.30. The molecule has 0 fully saturated rings. The summed E-state index contributed by atoms with van der Waals surface area (Å²) in [5, 5.41) is 3.52. The maximum atomic E-state index is 11.8. The molecule has 0 spiro atoms. The topological polar surface area (TPSA) is 17.8 Å². The fourth-order valence-corrected chi connectivity index (χ4v) is 1.12. The molecule has 1 aromatic rings. The van der Waals surface area contributed by atoms with E-state index in [0.29, 0.717) is 12.9 Å². The molecule has 0 atom stereocenters. The summed E-state index contributed by atoms with van der Waals surface area (Å²) >= 11 is 4.93. The largest absolute Gasteiger partial charge is 0.333 e. The van der Waals surface area contributed by atoms with Crippen LogP contribution in [0.3, 0.4) is 0 Å². The van der Waals surface area contributed by atoms with Crippen molar-refractivity contribution < 1.29 is 8.78 Å². The Bertz CT molecular complexity index is 218. The number of hydrogen-bond acceptors (Lipinski definition) is 1. The van der Waals surface area contributed by atoms with Crippen LogP contribution in [0.2, 0.25) is 0 Å². The molecule has 0 bridgehead atoms. The van der Waals surface area contributed by atoms with Gasteiger partial charge in [-0.3, -0.25) is 0 Å². The van der Waals surface area contributed by atoms with E-state index in [4.69, 9.17) is 0 Å². The van der Waals surface area contributed by atoms with Crippen molar-refractivity contribution in [3.05, 3.63) is 14.4 Å². The fraction of sp³-hybridized carbons (Fsp3) is 0.250. The minimum Gasteiger partial charge on any atom is -0.209 e. The smallest absolute Gasteiger partial charge is 0.209 e. The van der Waals surface area contributed by atoms with Gasteiger partial charge in [-0.05, 0) is 38.5 Å². The van der Waals surface area contributed by atoms with Crippen molar-refractivity contribution in [1.29, 1.82) is 0 Å². The lowest BCUT2D eigenvalue weighted by atomic mass is 10.7. The summed E-state index contributed by atoms with van der Waals surface area (Å²) in [5.41, 5.74) is 0. The quantitative estimate of drug-likeness (QED) is 0.727. The molecule has 0 N–H and O–H groups in total. The van der Waals surface area contributed by atoms with Gasteiger partial charge in [-0.2, -0.15) is 13.9 Å². The van der Waals surface area contributed by atoms with Crippen LogP contribution in [0, 0.1) is 3.70 Å². The molecule has 1 aromatic heterocycles. The molecular weight excluding hydrogens is 321 g/mol. The number of alkyl halides is 2. The van der Waals surface area contributed by atoms with Crippen LogP contribution >= 0.6 is 38.5 Å². The molecule has 0 aromatic carbocycles. The first kappa shape index (κ1) is 8.38. The first-order valence-corrected chi connectivity index (χ1v) is 4.16. The molecule has 0 aliphatic heterocycles. The van der Waals surface area contributed by atoms with Crippen LogP contribution in [0.25, 0.3) is 0 Å². The summed E-state index contributed by atoms with van der Waals surface area (Å²) in [7, 11) is 0. The highest BCUT2D eigenvalue weighted by Crippen LogP contribution is 2.19. The molecule has 0 saturated heterocycles. The second-order valence-electron chi connectivity index (χ2n) is 1.53. The Labute approximate surface area is 77.9 Å². The Morgan fingerprint density at radius 3 is 2.50 bits per heavy atom. The van der Waals surface area contributed by atoms with Gasteiger partial charge in [-0.1, -0.05) is 0 Å². The molecule has 56 valence electrons. The Morgan fingerprint density at radius 1 is 1.70 bits per heavy atom. The predicted octanol–water partition coefficient (Wildman–Crippen LogP) is 2.65. The van der Waals surface area contributed by atoms with Crippen LogP contribution in [0.5, 0.6) is 0 Å². The first-order chi connectivity index (χ1) is 4.61. The minimum absolute atomic E-state index is 0.540. The highest BCUT2D eigenvalue weighted by atomic mass is 127. The zero-order valence-electron chi connectivity index (χ0n) is 4.56. The van der Waals surface area contributed by atoms with Crippen molar-refractivity contribution in [3.8, 4) is 0 Å². The van der Waals surface area contributed by atoms with Gasteiger partial charge in [0.2, 0.25) is 0 Å². The molecule has 6 heteroatoms. The average Bonchev–Trinajstić information content (AvgIpc) is 2.13. The SMILES string of the molecule is FC(F)n1cc(Br)c(I)n1. The molecule has 0 aliphatic rings. The average molecular weight is 323 g/mol. The van der Waals surface area contributed by atoms with Crippen molar-refractivity contribution in [3.63, 3.8) is 0 Å². The van der Waals surface area contributed by atoms with Crippen LogP contribution in [-0.4, -0.2) is 9.78 Å². The van der Waals surface area contributed by atoms with E-state index in [1.807, 2.05) is 22.6 Å². The zero-order chi connectivity index (χ0) is 7.72. The second kappa shape index (κ2) is 3.12. The van der Waals surface area contributed by atoms with Gasteiger partial charge < -0.3 is 0 Å². The Hall–Kier alpha value is 0.280. The molecule has 2 nitrogen and oxygen atoms in total. The number of hydrogen-bond donors (Lipinski definition) is 0. The van der Waals surface area contributed by atoms with Crippen molar-refractivity contribution in [2.75, 3.05) is 0 Å². The highest BCUT2D eigenvalue weighted by Gasteiger charge is 2.09. The van der Waals surface area contributed by atoms with E-state index in [1.54, 1.807) is 0 Å². The predicted molar refractivity (Wildman–Crippen MR) is 43.9 cm³/mol. The Morgan fingerprint density at radius 2 is 2.30 bits per heavy atom. The molecule has 1 rings (SSSR count). The van der Waals surface area contributed by atoms with Crippen molar-refractivity contribution in [2.45, 2.75) is 6.55 Å². The lowest BCUT2D eigenvalue weighted by Crippen LogP contribution is -1.97. The Balaban J connectivity index is 2.98. The van der Waals surface area contributed by atoms with Gasteiger partial charge in [0.05, 0.1) is 4.47 Å². The molecule has 0 aliphatic carbocycles. The second-order valence-corrected chi connectivity index (χ2v) is 3.40. The van der Waals surface area contributed by atoms with Gasteiger partial charge in [0.25, 0.3) is 0 Å². The molecule has 1 heterocycles. The van der Waals surface area contributed by atoms with E-state index < -0.39 is 6.55 Å². The van der Waals surface area contributed by atoms with E-state index >= 15 is 0 Å². The van der Waals surface area contributed by atoms with Gasteiger partial charge in [0, 0.05) is 6.20 Å². The van der Waals surface area contributed by atoms with E-state index in [0.717, 1.165) is 0 Å². The van der Waals surface area contributed by atoms with Crippen molar-refractivity contribution >= 4 is 38.5 Å². The lowest BCUT2D eigenvalue weighted by Gasteiger charge is -1.94. The standard InChI is InChI=1S/C4H2BrF2IN2/c5-2-1-10(4(6)7)9-3(2)8/h1,4H. The van der Waals surface area contributed by atoms with Crippen LogP contribution in [0.4, 0.5) is 8.78 Å². The molecule has 10 heavy (non-hydrogen) atoms. The molecule has 0 unspecified atom stereocenters. The number of rotatable bonds is 1. The summed E-state index contributed by atoms with van der Waals surface area (Å²) in [5.74, 6) is 0. The minimum atomic E-state index is -2.56. The van der Waals surface area contributed by atoms with Crippen LogP contribution in [0.1, 0.15) is 6.55 Å². The summed E-state index contributed by atoms with van der Waals surface area (Å²) in [4.78, 5) is 0. The number of aromatic nitrogens is 2. The fourth-order valence-electron chi connectivity index (χ4n) is 0.447. The molecule has 0 amide bonds. The van der Waals surface area contributed by atoms with Gasteiger partial charge in [-0.15, -0.1) is 0 Å². The monoisotopic (exact) mass is 322 g/mol. The summed E-state index contributed by atoms with van der Waals surface area (Å²) < 4.78 is 25.4. The van der Waals surface area contributed by atoms with Gasteiger partial charge >= 0.3 is 6.55 Å². The lowest BCUT2D eigenvalue weighted by molar-refractivity contribution is 0.0562. The molecule has 0 saturated carbocycles. The van der Waals surface area contributed by atoms with E-state index in [9.17, 15) is 8.78 Å². The van der Waals surface area contributed by atoms with Crippen LogP contribution in [-0.2, 0) is 0 Å². The summed E-state index contributed by atoms with van der Waals surface area (Å²) in [6.07, 6.45) is 1.24. The van der Waals surface area contributed by atoms with Gasteiger partial charge in [-0.25, -0.2) is 4.68 Å². The number of nitrogens with zero attached hydrogens (tertiary/aromatic N) is 2. The first-order valence-electron chi connectivity index (χ1n) is 2.29. The normalized spacial score (nSPS) is 10.9. The number of halogens is 4. The summed E-state index contributed by atoms with van der Waals surface area (Å²) in [6.45, 7) is -2.56. The van der Waals surface area contributed by atoms with Crippen LogP contribution < -0.4 is 0 Å². The van der Waals surface area contributed by atoms with Gasteiger partial charge in [0.15, 0.2) is 0 Å². The maximum absolute atomic E-state index is 11.8. The third-order valence-electron chi connectivity index (χ3n) is 0.846. The van der Waals surface area contributed by atoms with E-state index in [1.165, 1.54) is 6.20 Å². The van der Waals surface area contributed by atoms with E-state index in [-0.39, 0.29) is 0 Å². The highest BCUT2D eigenvalue weighted by molar-refractivity contribution is 14.1. The summed E-state index contributed by atoms with van der Waals surface area (Å²) in [6, 6.07) is 0.